The molecule has 0 saturated heterocycles. The Bertz CT molecular complexity index is 224. The van der Waals surface area contributed by atoms with Gasteiger partial charge < -0.3 is 5.73 Å². The predicted molar refractivity (Wildman–Crippen MR) is 54.9 cm³/mol. The highest BCUT2D eigenvalue weighted by atomic mass is 32.2. The average Bonchev–Trinajstić information content (AvgIpc) is 1.98. The van der Waals surface area contributed by atoms with E-state index in [9.17, 15) is 8.42 Å². The first-order chi connectivity index (χ1) is 5.87. The van der Waals surface area contributed by atoms with Gasteiger partial charge in [0, 0.05) is 12.6 Å². The lowest BCUT2D eigenvalue weighted by Gasteiger charge is -2.11. The van der Waals surface area contributed by atoms with E-state index in [4.69, 9.17) is 5.73 Å². The van der Waals surface area contributed by atoms with Crippen molar-refractivity contribution < 1.29 is 8.42 Å². The maximum atomic E-state index is 11.3. The molecule has 3 N–H and O–H groups in total. The molecule has 5 heteroatoms. The molecule has 0 aromatic carbocycles. The molecule has 0 aliphatic rings. The predicted octanol–water partition coefficient (Wildman–Crippen LogP) is 0.299. The van der Waals surface area contributed by atoms with Crippen molar-refractivity contribution in [2.24, 2.45) is 11.7 Å². The number of nitrogens with one attached hydrogen (secondary N) is 1. The molecular weight excluding hydrogens is 188 g/mol. The summed E-state index contributed by atoms with van der Waals surface area (Å²) in [4.78, 5) is 0. The molecular formula is C8H20N2O2S. The highest BCUT2D eigenvalue weighted by Crippen LogP contribution is 1.97. The molecule has 0 saturated carbocycles. The van der Waals surface area contributed by atoms with Gasteiger partial charge in [-0.3, -0.25) is 0 Å². The maximum Gasteiger partial charge on any atom is 0.211 e. The lowest BCUT2D eigenvalue weighted by molar-refractivity contribution is 0.553. The summed E-state index contributed by atoms with van der Waals surface area (Å²) in [6.07, 6.45) is 0.782. The van der Waals surface area contributed by atoms with Gasteiger partial charge in [-0.25, -0.2) is 13.1 Å². The van der Waals surface area contributed by atoms with Gasteiger partial charge in [0.05, 0.1) is 5.75 Å². The van der Waals surface area contributed by atoms with Gasteiger partial charge in [-0.1, -0.05) is 20.8 Å². The van der Waals surface area contributed by atoms with Crippen molar-refractivity contribution in [2.45, 2.75) is 33.2 Å². The molecule has 0 spiro atoms. The number of nitrogens with two attached hydrogens (primary N) is 1. The van der Waals surface area contributed by atoms with Gasteiger partial charge in [0.1, 0.15) is 0 Å². The second kappa shape index (κ2) is 5.57. The summed E-state index contributed by atoms with van der Waals surface area (Å²) in [6, 6.07) is -0.0815. The van der Waals surface area contributed by atoms with E-state index in [2.05, 4.69) is 4.72 Å². The Labute approximate surface area is 80.9 Å². The highest BCUT2D eigenvalue weighted by Gasteiger charge is 2.13. The van der Waals surface area contributed by atoms with Gasteiger partial charge in [-0.15, -0.1) is 0 Å². The fourth-order valence-corrected chi connectivity index (χ4v) is 2.34. The Kier molecular flexibility index (Phi) is 5.51. The zero-order chi connectivity index (χ0) is 10.5. The topological polar surface area (TPSA) is 72.2 Å². The molecule has 80 valence electrons. The Morgan fingerprint density at radius 1 is 1.38 bits per heavy atom. The number of hydrogen-bond donors (Lipinski definition) is 2. The third-order valence-electron chi connectivity index (χ3n) is 1.64. The third kappa shape index (κ3) is 6.98. The molecule has 0 aliphatic heterocycles. The summed E-state index contributed by atoms with van der Waals surface area (Å²) in [5.41, 5.74) is 5.58. The van der Waals surface area contributed by atoms with Crippen LogP contribution >= 0.6 is 0 Å². The molecule has 0 rings (SSSR count). The minimum Gasteiger partial charge on any atom is -0.327 e. The molecule has 0 heterocycles. The first kappa shape index (κ1) is 12.9. The number of rotatable bonds is 6. The molecule has 0 bridgehead atoms. The summed E-state index contributed by atoms with van der Waals surface area (Å²) in [5, 5.41) is 0. The Morgan fingerprint density at radius 2 is 1.92 bits per heavy atom. The average molecular weight is 208 g/mol. The SMILES string of the molecule is CCC(N)CNS(=O)(=O)CC(C)C. The molecule has 0 aliphatic carbocycles. The van der Waals surface area contributed by atoms with Gasteiger partial charge in [0.25, 0.3) is 0 Å². The molecule has 4 nitrogen and oxygen atoms in total. The summed E-state index contributed by atoms with van der Waals surface area (Å²) in [5.74, 6) is 0.319. The van der Waals surface area contributed by atoms with Crippen LogP contribution < -0.4 is 10.5 Å². The summed E-state index contributed by atoms with van der Waals surface area (Å²) >= 11 is 0. The van der Waals surface area contributed by atoms with E-state index in [0.29, 0.717) is 6.54 Å². The summed E-state index contributed by atoms with van der Waals surface area (Å²) in [6.45, 7) is 6.02. The van der Waals surface area contributed by atoms with Gasteiger partial charge in [-0.05, 0) is 12.3 Å². The van der Waals surface area contributed by atoms with Gasteiger partial charge in [0.15, 0.2) is 0 Å². The van der Waals surface area contributed by atoms with Gasteiger partial charge in [0.2, 0.25) is 10.0 Å². The van der Waals surface area contributed by atoms with Crippen LogP contribution in [0.5, 0.6) is 0 Å². The van der Waals surface area contributed by atoms with Crippen LogP contribution in [0, 0.1) is 5.92 Å². The van der Waals surface area contributed by atoms with E-state index in [-0.39, 0.29) is 17.7 Å². The molecule has 13 heavy (non-hydrogen) atoms. The number of sulfonamides is 1. The van der Waals surface area contributed by atoms with Crippen molar-refractivity contribution in [1.29, 1.82) is 0 Å². The lowest BCUT2D eigenvalue weighted by Crippen LogP contribution is -2.38. The zero-order valence-corrected chi connectivity index (χ0v) is 9.39. The molecule has 0 fully saturated rings. The summed E-state index contributed by atoms with van der Waals surface area (Å²) < 4.78 is 25.1. The van der Waals surface area contributed by atoms with E-state index in [1.54, 1.807) is 0 Å². The van der Waals surface area contributed by atoms with Crippen LogP contribution in [0.1, 0.15) is 27.2 Å². The standard InChI is InChI=1S/C8H20N2O2S/c1-4-8(9)5-10-13(11,12)6-7(2)3/h7-8,10H,4-6,9H2,1-3H3. The van der Waals surface area contributed by atoms with Crippen molar-refractivity contribution >= 4 is 10.0 Å². The fourth-order valence-electron chi connectivity index (χ4n) is 0.876. The fraction of sp³-hybridized carbons (Fsp3) is 1.00. The highest BCUT2D eigenvalue weighted by molar-refractivity contribution is 7.89. The molecule has 0 radical (unpaired) electrons. The monoisotopic (exact) mass is 208 g/mol. The van der Waals surface area contributed by atoms with Crippen LogP contribution in [-0.4, -0.2) is 26.8 Å². The van der Waals surface area contributed by atoms with Crippen LogP contribution in [0.25, 0.3) is 0 Å². The minimum absolute atomic E-state index is 0.0815. The van der Waals surface area contributed by atoms with Crippen molar-refractivity contribution in [3.63, 3.8) is 0 Å². The van der Waals surface area contributed by atoms with Crippen molar-refractivity contribution in [1.82, 2.24) is 4.72 Å². The first-order valence-corrected chi connectivity index (χ1v) is 6.25. The Balaban J connectivity index is 3.90. The van der Waals surface area contributed by atoms with Crippen LogP contribution in [0.15, 0.2) is 0 Å². The smallest absolute Gasteiger partial charge is 0.211 e. The Morgan fingerprint density at radius 3 is 2.31 bits per heavy atom. The van der Waals surface area contributed by atoms with E-state index < -0.39 is 10.0 Å². The molecule has 1 atom stereocenters. The Hall–Kier alpha value is -0.130. The van der Waals surface area contributed by atoms with E-state index in [0.717, 1.165) is 6.42 Å². The maximum absolute atomic E-state index is 11.3. The first-order valence-electron chi connectivity index (χ1n) is 4.60. The van der Waals surface area contributed by atoms with E-state index in [1.165, 1.54) is 0 Å². The van der Waals surface area contributed by atoms with Crippen LogP contribution in [0.2, 0.25) is 0 Å². The molecule has 0 amide bonds. The quantitative estimate of drug-likeness (QED) is 0.659. The summed E-state index contributed by atoms with van der Waals surface area (Å²) in [7, 11) is -3.12. The van der Waals surface area contributed by atoms with Crippen molar-refractivity contribution in [3.8, 4) is 0 Å². The number of hydrogen-bond acceptors (Lipinski definition) is 3. The second-order valence-corrected chi connectivity index (χ2v) is 5.54. The minimum atomic E-state index is -3.12. The van der Waals surface area contributed by atoms with Gasteiger partial charge in [-0.2, -0.15) is 0 Å². The van der Waals surface area contributed by atoms with Crippen molar-refractivity contribution in [3.05, 3.63) is 0 Å². The van der Waals surface area contributed by atoms with Crippen LogP contribution in [-0.2, 0) is 10.0 Å². The second-order valence-electron chi connectivity index (χ2n) is 3.69. The van der Waals surface area contributed by atoms with Crippen molar-refractivity contribution in [2.75, 3.05) is 12.3 Å². The zero-order valence-electron chi connectivity index (χ0n) is 8.58. The molecule has 1 unspecified atom stereocenters. The van der Waals surface area contributed by atoms with Crippen LogP contribution in [0.3, 0.4) is 0 Å². The molecule has 0 aromatic rings. The third-order valence-corrected chi connectivity index (χ3v) is 3.35. The van der Waals surface area contributed by atoms with Gasteiger partial charge >= 0.3 is 0 Å². The van der Waals surface area contributed by atoms with Crippen LogP contribution in [0.4, 0.5) is 0 Å². The largest absolute Gasteiger partial charge is 0.327 e. The molecule has 0 aromatic heterocycles. The van der Waals surface area contributed by atoms with E-state index >= 15 is 0 Å². The lowest BCUT2D eigenvalue weighted by atomic mass is 10.2. The van der Waals surface area contributed by atoms with E-state index in [1.807, 2.05) is 20.8 Å². The normalized spacial score (nSPS) is 14.8.